The van der Waals surface area contributed by atoms with Crippen molar-refractivity contribution in [3.63, 3.8) is 0 Å². The second kappa shape index (κ2) is 3.86. The maximum absolute atomic E-state index is 5.74. The molecule has 0 saturated carbocycles. The van der Waals surface area contributed by atoms with Crippen molar-refractivity contribution in [3.05, 3.63) is 36.8 Å². The molecule has 2 rings (SSSR count). The SMILES string of the molecule is CC(C)(C)P(C)(I)(c1ccco1)c1ccco1. The molecule has 4 heteroatoms. The zero-order chi connectivity index (χ0) is 12.8. The van der Waals surface area contributed by atoms with E-state index in [1.54, 1.807) is 12.5 Å². The molecule has 2 nitrogen and oxygen atoms in total. The summed E-state index contributed by atoms with van der Waals surface area (Å²) in [7, 11) is 0. The second-order valence-corrected chi connectivity index (χ2v) is 17.8. The Morgan fingerprint density at radius 1 is 1.00 bits per heavy atom. The molecule has 2 aromatic rings. The van der Waals surface area contributed by atoms with E-state index in [1.807, 2.05) is 12.1 Å². The summed E-state index contributed by atoms with van der Waals surface area (Å²) in [4.78, 5) is 0. The van der Waals surface area contributed by atoms with Gasteiger partial charge >= 0.3 is 116 Å². The molecule has 0 bridgehead atoms. The third-order valence-electron chi connectivity index (χ3n) is 3.66. The van der Waals surface area contributed by atoms with Crippen LogP contribution in [0.2, 0.25) is 0 Å². The normalized spacial score (nSPS) is 15.5. The number of halogens is 1. The first-order valence-corrected chi connectivity index (χ1v) is 11.0. The molecule has 0 fully saturated rings. The summed E-state index contributed by atoms with van der Waals surface area (Å²) < 4.78 is 9.03. The van der Waals surface area contributed by atoms with Gasteiger partial charge in [0.2, 0.25) is 0 Å². The summed E-state index contributed by atoms with van der Waals surface area (Å²) in [6, 6.07) is 8.04. The molecule has 0 unspecified atom stereocenters. The van der Waals surface area contributed by atoms with E-state index in [0.29, 0.717) is 0 Å². The quantitative estimate of drug-likeness (QED) is 0.591. The molecule has 0 atom stereocenters. The van der Waals surface area contributed by atoms with Gasteiger partial charge in [-0.3, -0.25) is 0 Å². The second-order valence-electron chi connectivity index (χ2n) is 5.50. The van der Waals surface area contributed by atoms with E-state index in [0.717, 1.165) is 11.0 Å². The van der Waals surface area contributed by atoms with Crippen LogP contribution in [0, 0.1) is 0 Å². The predicted octanol–water partition coefficient (Wildman–Crippen LogP) is 4.16. The van der Waals surface area contributed by atoms with Crippen LogP contribution in [0.4, 0.5) is 0 Å². The Kier molecular flexibility index (Phi) is 2.98. The van der Waals surface area contributed by atoms with Gasteiger partial charge < -0.3 is 0 Å². The monoisotopic (exact) mass is 364 g/mol. The summed E-state index contributed by atoms with van der Waals surface area (Å²) >= 11 is 2.58. The van der Waals surface area contributed by atoms with Gasteiger partial charge in [-0.25, -0.2) is 0 Å². The van der Waals surface area contributed by atoms with Gasteiger partial charge in [-0.1, -0.05) is 0 Å². The van der Waals surface area contributed by atoms with Gasteiger partial charge in [0.1, 0.15) is 0 Å². The molecular formula is C13H18IO2P. The van der Waals surface area contributed by atoms with E-state index >= 15 is 0 Å². The van der Waals surface area contributed by atoms with Gasteiger partial charge in [0.05, 0.1) is 0 Å². The summed E-state index contributed by atoms with van der Waals surface area (Å²) in [6.45, 7) is 9.05. The van der Waals surface area contributed by atoms with Crippen LogP contribution in [0.5, 0.6) is 0 Å². The first-order valence-electron chi connectivity index (χ1n) is 5.58. The minimum absolute atomic E-state index is 0.0713. The molecule has 0 amide bonds. The molecule has 0 saturated heterocycles. The van der Waals surface area contributed by atoms with E-state index in [2.05, 4.69) is 61.6 Å². The molecule has 94 valence electrons. The molecule has 2 heterocycles. The fourth-order valence-corrected chi connectivity index (χ4v) is 6.61. The minimum atomic E-state index is -2.45. The number of furan rings is 2. The van der Waals surface area contributed by atoms with E-state index in [-0.39, 0.29) is 5.16 Å². The van der Waals surface area contributed by atoms with Gasteiger partial charge in [-0.15, -0.1) is 0 Å². The standard InChI is InChI=1S/C13H18IO2P/c1-13(2,3)17(4,14,11-7-5-9-15-11)12-8-6-10-16-12/h5-10H,1-4H3. The summed E-state index contributed by atoms with van der Waals surface area (Å²) in [6.07, 6.45) is 3.49. The molecule has 0 spiro atoms. The first-order chi connectivity index (χ1) is 7.77. The van der Waals surface area contributed by atoms with Crippen molar-refractivity contribution >= 4 is 37.3 Å². The van der Waals surface area contributed by atoms with Crippen LogP contribution in [0.15, 0.2) is 45.6 Å². The van der Waals surface area contributed by atoms with Crippen molar-refractivity contribution in [2.75, 3.05) is 6.66 Å². The van der Waals surface area contributed by atoms with Crippen molar-refractivity contribution in [1.29, 1.82) is 0 Å². The third kappa shape index (κ3) is 1.70. The Morgan fingerprint density at radius 2 is 1.41 bits per heavy atom. The van der Waals surface area contributed by atoms with E-state index < -0.39 is 4.25 Å². The Labute approximate surface area is 115 Å². The summed E-state index contributed by atoms with van der Waals surface area (Å²) in [5.74, 6) is 0. The van der Waals surface area contributed by atoms with Gasteiger partial charge in [-0.2, -0.15) is 0 Å². The predicted molar refractivity (Wildman–Crippen MR) is 83.3 cm³/mol. The van der Waals surface area contributed by atoms with Gasteiger partial charge in [0.15, 0.2) is 0 Å². The number of hydrogen-bond acceptors (Lipinski definition) is 2. The van der Waals surface area contributed by atoms with Crippen LogP contribution in [0.1, 0.15) is 20.8 Å². The van der Waals surface area contributed by atoms with Gasteiger partial charge in [0.25, 0.3) is 0 Å². The van der Waals surface area contributed by atoms with Crippen LogP contribution >= 0.6 is 26.3 Å². The van der Waals surface area contributed by atoms with Crippen molar-refractivity contribution in [1.82, 2.24) is 0 Å². The average molecular weight is 364 g/mol. The zero-order valence-electron chi connectivity index (χ0n) is 10.6. The van der Waals surface area contributed by atoms with Crippen molar-refractivity contribution in [3.8, 4) is 0 Å². The molecule has 0 radical (unpaired) electrons. The molecular weight excluding hydrogens is 346 g/mol. The summed E-state index contributed by atoms with van der Waals surface area (Å²) in [5, 5.41) is 0.0713. The molecule has 0 aromatic carbocycles. The molecule has 2 aromatic heterocycles. The zero-order valence-corrected chi connectivity index (χ0v) is 13.7. The third-order valence-corrected chi connectivity index (χ3v) is 16.6. The first kappa shape index (κ1) is 13.2. The van der Waals surface area contributed by atoms with Crippen molar-refractivity contribution in [2.45, 2.75) is 25.9 Å². The molecule has 0 aliphatic heterocycles. The average Bonchev–Trinajstić information content (AvgIpc) is 2.91. The van der Waals surface area contributed by atoms with Crippen LogP contribution < -0.4 is 11.0 Å². The van der Waals surface area contributed by atoms with E-state index in [9.17, 15) is 0 Å². The van der Waals surface area contributed by atoms with Crippen molar-refractivity contribution < 1.29 is 8.83 Å². The van der Waals surface area contributed by atoms with Gasteiger partial charge in [0, 0.05) is 0 Å². The summed E-state index contributed by atoms with van der Waals surface area (Å²) in [5.41, 5.74) is 2.08. The molecule has 17 heavy (non-hydrogen) atoms. The van der Waals surface area contributed by atoms with Crippen LogP contribution in [-0.4, -0.2) is 11.8 Å². The van der Waals surface area contributed by atoms with E-state index in [4.69, 9.17) is 8.83 Å². The molecule has 0 N–H and O–H groups in total. The van der Waals surface area contributed by atoms with Crippen molar-refractivity contribution in [2.24, 2.45) is 0 Å². The molecule has 0 aliphatic rings. The molecule has 0 aliphatic carbocycles. The topological polar surface area (TPSA) is 26.3 Å². The Balaban J connectivity index is 2.76. The fraction of sp³-hybridized carbons (Fsp3) is 0.385. The number of rotatable bonds is 2. The fourth-order valence-electron chi connectivity index (χ4n) is 1.91. The Morgan fingerprint density at radius 3 is 1.65 bits per heavy atom. The maximum atomic E-state index is 5.74. The Hall–Kier alpha value is -0.280. The number of hydrogen-bond donors (Lipinski definition) is 0. The van der Waals surface area contributed by atoms with Gasteiger partial charge in [-0.05, 0) is 0 Å². The Bertz CT molecular complexity index is 454. The van der Waals surface area contributed by atoms with Crippen LogP contribution in [0.3, 0.4) is 0 Å². The van der Waals surface area contributed by atoms with E-state index in [1.165, 1.54) is 0 Å². The van der Waals surface area contributed by atoms with Crippen LogP contribution in [-0.2, 0) is 0 Å². The van der Waals surface area contributed by atoms with Crippen LogP contribution in [0.25, 0.3) is 0 Å².